The Balaban J connectivity index is 2.89. The van der Waals surface area contributed by atoms with Gasteiger partial charge in [-0.25, -0.2) is 5.43 Å². The maximum Gasteiger partial charge on any atom is 0.329 e. The van der Waals surface area contributed by atoms with Crippen molar-refractivity contribution in [2.24, 2.45) is 5.10 Å². The van der Waals surface area contributed by atoms with Gasteiger partial charge in [-0.3, -0.25) is 9.59 Å². The molecule has 1 rings (SSSR count). The number of nitrogens with zero attached hydrogens (tertiary/aromatic N) is 1. The molecule has 0 spiro atoms. The zero-order chi connectivity index (χ0) is 15.8. The second-order valence-corrected chi connectivity index (χ2v) is 4.60. The van der Waals surface area contributed by atoms with E-state index in [1.165, 1.54) is 13.3 Å². The van der Waals surface area contributed by atoms with Crippen molar-refractivity contribution >= 4 is 34.0 Å². The van der Waals surface area contributed by atoms with E-state index in [0.29, 0.717) is 28.1 Å². The van der Waals surface area contributed by atoms with Crippen LogP contribution in [0.25, 0.3) is 0 Å². The molecule has 2 amide bonds. The summed E-state index contributed by atoms with van der Waals surface area (Å²) in [5, 5.41) is 5.90. The molecule has 8 heteroatoms. The number of amides is 2. The van der Waals surface area contributed by atoms with E-state index < -0.39 is 11.8 Å². The molecule has 0 saturated heterocycles. The van der Waals surface area contributed by atoms with E-state index in [2.05, 4.69) is 31.8 Å². The lowest BCUT2D eigenvalue weighted by Crippen LogP contribution is -2.35. The maximum absolute atomic E-state index is 11.2. The van der Waals surface area contributed by atoms with Gasteiger partial charge in [0.25, 0.3) is 0 Å². The van der Waals surface area contributed by atoms with Gasteiger partial charge in [0, 0.05) is 7.05 Å². The number of carbonyl (C=O) groups excluding carboxylic acids is 2. The van der Waals surface area contributed by atoms with Gasteiger partial charge in [-0.2, -0.15) is 5.10 Å². The van der Waals surface area contributed by atoms with Crippen molar-refractivity contribution in [1.29, 1.82) is 0 Å². The Hall–Kier alpha value is -2.09. The average molecular weight is 358 g/mol. The van der Waals surface area contributed by atoms with Crippen molar-refractivity contribution < 1.29 is 19.1 Å². The van der Waals surface area contributed by atoms with Crippen LogP contribution in [-0.4, -0.2) is 38.8 Å². The number of hydrazone groups is 1. The predicted octanol–water partition coefficient (Wildman–Crippen LogP) is 1.05. The smallest absolute Gasteiger partial charge is 0.329 e. The standard InChI is InChI=1S/C13H16BrN3O4/c1-4-21-10-6-8(5-9(14)11(10)20-3)7-16-17-13(19)12(18)15-2/h5-7H,4H2,1-3H3,(H,15,18)(H,17,19)/b16-7-. The number of rotatable bonds is 5. The first-order chi connectivity index (χ1) is 10.0. The number of carbonyl (C=O) groups is 2. The SMILES string of the molecule is CCOc1cc(/C=N\NC(=O)C(=O)NC)cc(Br)c1OC. The number of likely N-dealkylation sites (N-methyl/N-ethyl adjacent to an activating group) is 1. The fraction of sp³-hybridized carbons (Fsp3) is 0.308. The Kier molecular flexibility index (Phi) is 6.67. The van der Waals surface area contributed by atoms with Crippen LogP contribution in [0.2, 0.25) is 0 Å². The lowest BCUT2D eigenvalue weighted by atomic mass is 10.2. The minimum atomic E-state index is -0.841. The van der Waals surface area contributed by atoms with Crippen molar-refractivity contribution in [2.45, 2.75) is 6.92 Å². The molecule has 21 heavy (non-hydrogen) atoms. The van der Waals surface area contributed by atoms with Gasteiger partial charge in [0.15, 0.2) is 11.5 Å². The Morgan fingerprint density at radius 2 is 2.10 bits per heavy atom. The average Bonchev–Trinajstić information content (AvgIpc) is 2.46. The van der Waals surface area contributed by atoms with Crippen LogP contribution in [0.1, 0.15) is 12.5 Å². The van der Waals surface area contributed by atoms with Gasteiger partial charge >= 0.3 is 11.8 Å². The Labute approximate surface area is 130 Å². The highest BCUT2D eigenvalue weighted by Crippen LogP contribution is 2.36. The summed E-state index contributed by atoms with van der Waals surface area (Å²) < 4.78 is 11.4. The molecule has 0 atom stereocenters. The fourth-order valence-corrected chi connectivity index (χ4v) is 2.07. The van der Waals surface area contributed by atoms with Crippen molar-refractivity contribution in [3.05, 3.63) is 22.2 Å². The number of methoxy groups -OCH3 is 1. The molecule has 0 aliphatic rings. The van der Waals surface area contributed by atoms with Gasteiger partial charge < -0.3 is 14.8 Å². The summed E-state index contributed by atoms with van der Waals surface area (Å²) in [7, 11) is 2.90. The van der Waals surface area contributed by atoms with E-state index in [4.69, 9.17) is 9.47 Å². The number of hydrogen-bond acceptors (Lipinski definition) is 5. The molecular weight excluding hydrogens is 342 g/mol. The summed E-state index contributed by atoms with van der Waals surface area (Å²) >= 11 is 3.37. The molecule has 2 N–H and O–H groups in total. The third kappa shape index (κ3) is 4.75. The summed E-state index contributed by atoms with van der Waals surface area (Å²) in [4.78, 5) is 22.2. The molecule has 7 nitrogen and oxygen atoms in total. The highest BCUT2D eigenvalue weighted by atomic mass is 79.9. The molecular formula is C13H16BrN3O4. The molecule has 0 aliphatic carbocycles. The van der Waals surface area contributed by atoms with E-state index in [0.717, 1.165) is 0 Å². The van der Waals surface area contributed by atoms with E-state index in [1.54, 1.807) is 19.2 Å². The first-order valence-electron chi connectivity index (χ1n) is 6.08. The van der Waals surface area contributed by atoms with E-state index in [9.17, 15) is 9.59 Å². The maximum atomic E-state index is 11.2. The van der Waals surface area contributed by atoms with Crippen LogP contribution >= 0.6 is 15.9 Å². The molecule has 0 fully saturated rings. The zero-order valence-corrected chi connectivity index (χ0v) is 13.5. The molecule has 0 aliphatic heterocycles. The molecule has 114 valence electrons. The van der Waals surface area contributed by atoms with Crippen LogP contribution in [-0.2, 0) is 9.59 Å². The number of halogens is 1. The lowest BCUT2D eigenvalue weighted by molar-refractivity contribution is -0.138. The molecule has 1 aromatic rings. The fourth-order valence-electron chi connectivity index (χ4n) is 1.45. The zero-order valence-electron chi connectivity index (χ0n) is 11.9. The van der Waals surface area contributed by atoms with Crippen molar-refractivity contribution in [3.8, 4) is 11.5 Å². The first-order valence-corrected chi connectivity index (χ1v) is 6.88. The highest BCUT2D eigenvalue weighted by Gasteiger charge is 2.11. The quantitative estimate of drug-likeness (QED) is 0.468. The number of nitrogens with one attached hydrogen (secondary N) is 2. The summed E-state index contributed by atoms with van der Waals surface area (Å²) in [6.45, 7) is 2.34. The molecule has 0 unspecified atom stereocenters. The van der Waals surface area contributed by atoms with Crippen LogP contribution in [0, 0.1) is 0 Å². The van der Waals surface area contributed by atoms with Crippen molar-refractivity contribution in [2.75, 3.05) is 20.8 Å². The summed E-state index contributed by atoms with van der Waals surface area (Å²) in [5.41, 5.74) is 2.78. The molecule has 0 saturated carbocycles. The van der Waals surface area contributed by atoms with Crippen LogP contribution < -0.4 is 20.2 Å². The lowest BCUT2D eigenvalue weighted by Gasteiger charge is -2.11. The van der Waals surface area contributed by atoms with Crippen LogP contribution in [0.5, 0.6) is 11.5 Å². The second-order valence-electron chi connectivity index (χ2n) is 3.75. The number of benzene rings is 1. The molecule has 0 radical (unpaired) electrons. The molecule has 0 aromatic heterocycles. The Morgan fingerprint density at radius 3 is 2.67 bits per heavy atom. The van der Waals surface area contributed by atoms with Crippen molar-refractivity contribution in [1.82, 2.24) is 10.7 Å². The summed E-state index contributed by atoms with van der Waals surface area (Å²) in [6, 6.07) is 3.46. The van der Waals surface area contributed by atoms with Crippen LogP contribution in [0.15, 0.2) is 21.7 Å². The summed E-state index contributed by atoms with van der Waals surface area (Å²) in [5.74, 6) is -0.485. The van der Waals surface area contributed by atoms with Gasteiger partial charge in [0.05, 0.1) is 24.4 Å². The number of ether oxygens (including phenoxy) is 2. The predicted molar refractivity (Wildman–Crippen MR) is 81.7 cm³/mol. The highest BCUT2D eigenvalue weighted by molar-refractivity contribution is 9.10. The molecule has 0 heterocycles. The summed E-state index contributed by atoms with van der Waals surface area (Å²) in [6.07, 6.45) is 1.40. The van der Waals surface area contributed by atoms with Crippen LogP contribution in [0.3, 0.4) is 0 Å². The Bertz CT molecular complexity index is 561. The van der Waals surface area contributed by atoms with E-state index in [1.807, 2.05) is 6.92 Å². The van der Waals surface area contributed by atoms with E-state index >= 15 is 0 Å². The van der Waals surface area contributed by atoms with Gasteiger partial charge in [-0.15, -0.1) is 0 Å². The van der Waals surface area contributed by atoms with E-state index in [-0.39, 0.29) is 0 Å². The van der Waals surface area contributed by atoms with Gasteiger partial charge in [-0.1, -0.05) is 0 Å². The van der Waals surface area contributed by atoms with Crippen molar-refractivity contribution in [3.63, 3.8) is 0 Å². The largest absolute Gasteiger partial charge is 0.492 e. The third-order valence-electron chi connectivity index (χ3n) is 2.35. The van der Waals surface area contributed by atoms with Gasteiger partial charge in [0.2, 0.25) is 0 Å². The van der Waals surface area contributed by atoms with Gasteiger partial charge in [-0.05, 0) is 40.5 Å². The molecule has 0 bridgehead atoms. The minimum absolute atomic E-state index is 0.483. The normalized spacial score (nSPS) is 10.3. The molecule has 1 aromatic carbocycles. The minimum Gasteiger partial charge on any atom is -0.492 e. The topological polar surface area (TPSA) is 89.0 Å². The number of hydrogen-bond donors (Lipinski definition) is 2. The third-order valence-corrected chi connectivity index (χ3v) is 2.94. The monoisotopic (exact) mass is 357 g/mol. The van der Waals surface area contributed by atoms with Gasteiger partial charge in [0.1, 0.15) is 0 Å². The second kappa shape index (κ2) is 8.25. The first kappa shape index (κ1) is 17.0. The van der Waals surface area contributed by atoms with Crippen LogP contribution in [0.4, 0.5) is 0 Å². The Morgan fingerprint density at radius 1 is 1.38 bits per heavy atom.